The van der Waals surface area contributed by atoms with E-state index in [-0.39, 0.29) is 12.1 Å². The van der Waals surface area contributed by atoms with E-state index in [0.29, 0.717) is 11.8 Å². The van der Waals surface area contributed by atoms with Crippen LogP contribution in [0.3, 0.4) is 0 Å². The molecule has 3 fully saturated rings. The van der Waals surface area contributed by atoms with E-state index >= 15 is 0 Å². The van der Waals surface area contributed by atoms with Gasteiger partial charge in [0.1, 0.15) is 0 Å². The Kier molecular flexibility index (Phi) is 4.31. The summed E-state index contributed by atoms with van der Waals surface area (Å²) in [5, 5.41) is 3.82. The van der Waals surface area contributed by atoms with Crippen LogP contribution < -0.4 is 5.32 Å². The maximum atomic E-state index is 13.6. The van der Waals surface area contributed by atoms with Crippen molar-refractivity contribution >= 4 is 5.69 Å². The molecule has 4 nitrogen and oxygen atoms in total. The van der Waals surface area contributed by atoms with Crippen LogP contribution in [0.15, 0.2) is 48.5 Å². The average molecular weight is 389 g/mol. The summed E-state index contributed by atoms with van der Waals surface area (Å²) >= 11 is 0. The Morgan fingerprint density at radius 1 is 1.00 bits per heavy atom. The van der Waals surface area contributed by atoms with Crippen molar-refractivity contribution in [2.75, 3.05) is 26.2 Å². The molecule has 2 bridgehead atoms. The summed E-state index contributed by atoms with van der Waals surface area (Å²) in [5.74, 6) is 1.62. The highest BCUT2D eigenvalue weighted by Crippen LogP contribution is 2.51. The van der Waals surface area contributed by atoms with Crippen molar-refractivity contribution in [2.45, 2.75) is 43.7 Å². The Morgan fingerprint density at radius 3 is 2.59 bits per heavy atom. The minimum absolute atomic E-state index is 0.122. The molecule has 0 amide bonds. The molecule has 2 aromatic rings. The number of benzene rings is 2. The molecule has 0 saturated carbocycles. The first-order valence-electron chi connectivity index (χ1n) is 11.4. The normalized spacial score (nSPS) is 35.4. The first-order valence-corrected chi connectivity index (χ1v) is 11.4. The van der Waals surface area contributed by atoms with Crippen LogP contribution in [0.1, 0.15) is 47.9 Å². The van der Waals surface area contributed by atoms with Crippen molar-refractivity contribution in [3.8, 4) is 0 Å². The van der Waals surface area contributed by atoms with Crippen LogP contribution >= 0.6 is 0 Å². The van der Waals surface area contributed by atoms with Crippen LogP contribution in [0.4, 0.5) is 5.69 Å². The quantitative estimate of drug-likeness (QED) is 0.801. The fourth-order valence-corrected chi connectivity index (χ4v) is 6.71. The van der Waals surface area contributed by atoms with Gasteiger partial charge in [-0.1, -0.05) is 42.5 Å². The molecule has 5 aliphatic rings. The van der Waals surface area contributed by atoms with Gasteiger partial charge in [-0.3, -0.25) is 0 Å². The number of piperidine rings is 3. The molecule has 3 unspecified atom stereocenters. The largest absolute Gasteiger partial charge is 0.310 e. The van der Waals surface area contributed by atoms with Crippen LogP contribution in [-0.2, 0) is 6.42 Å². The van der Waals surface area contributed by atoms with Gasteiger partial charge in [-0.05, 0) is 62.4 Å². The van der Waals surface area contributed by atoms with Crippen molar-refractivity contribution in [3.63, 3.8) is 0 Å². The van der Waals surface area contributed by atoms with Crippen LogP contribution in [0.5, 0.6) is 0 Å². The maximum Gasteiger partial charge on any atom is 0.260 e. The second-order valence-corrected chi connectivity index (χ2v) is 9.49. The van der Waals surface area contributed by atoms with E-state index in [1.807, 2.05) is 0 Å². The summed E-state index contributed by atoms with van der Waals surface area (Å²) < 4.78 is 1.43. The lowest BCUT2D eigenvalue weighted by Crippen LogP contribution is -2.53. The molecule has 2 aromatic carbocycles. The lowest BCUT2D eigenvalue weighted by molar-refractivity contribution is -0.513. The van der Waals surface area contributed by atoms with Gasteiger partial charge in [0.05, 0.1) is 5.92 Å². The number of nitroso groups, excluding NO2 is 1. The summed E-state index contributed by atoms with van der Waals surface area (Å²) in [6.07, 6.45) is 4.61. The zero-order chi connectivity index (χ0) is 19.4. The van der Waals surface area contributed by atoms with Crippen molar-refractivity contribution < 1.29 is 4.76 Å². The highest BCUT2D eigenvalue weighted by Gasteiger charge is 2.56. The van der Waals surface area contributed by atoms with Gasteiger partial charge in [0, 0.05) is 39.8 Å². The topological polar surface area (TPSA) is 35.4 Å². The van der Waals surface area contributed by atoms with Crippen molar-refractivity contribution in [2.24, 2.45) is 11.8 Å². The molecule has 0 aromatic heterocycles. The van der Waals surface area contributed by atoms with E-state index in [2.05, 4.69) is 58.7 Å². The fourth-order valence-electron chi connectivity index (χ4n) is 6.71. The van der Waals surface area contributed by atoms with E-state index in [4.69, 9.17) is 0 Å². The molecule has 29 heavy (non-hydrogen) atoms. The van der Waals surface area contributed by atoms with E-state index in [1.54, 1.807) is 0 Å². The molecule has 0 spiro atoms. The lowest BCUT2D eigenvalue weighted by atomic mass is 9.71. The van der Waals surface area contributed by atoms with Crippen molar-refractivity contribution in [3.05, 3.63) is 70.1 Å². The molecule has 1 N–H and O–H groups in total. The molecule has 7 rings (SSSR count). The van der Waals surface area contributed by atoms with Gasteiger partial charge in [0.2, 0.25) is 6.04 Å². The average Bonchev–Trinajstić information content (AvgIpc) is 2.94. The minimum atomic E-state index is 0.122. The highest BCUT2D eigenvalue weighted by molar-refractivity contribution is 5.53. The van der Waals surface area contributed by atoms with Crippen molar-refractivity contribution in [1.82, 2.24) is 10.2 Å². The Balaban J connectivity index is 1.37. The molecular weight excluding hydrogens is 358 g/mol. The van der Waals surface area contributed by atoms with Gasteiger partial charge in [-0.25, -0.2) is 0 Å². The van der Waals surface area contributed by atoms with Gasteiger partial charge in [0.25, 0.3) is 5.69 Å². The Labute approximate surface area is 172 Å². The zero-order valence-electron chi connectivity index (χ0n) is 17.0. The van der Waals surface area contributed by atoms with Gasteiger partial charge < -0.3 is 10.2 Å². The lowest BCUT2D eigenvalue weighted by Gasteiger charge is -2.45. The minimum Gasteiger partial charge on any atom is -0.310 e. The van der Waals surface area contributed by atoms with Crippen molar-refractivity contribution in [1.29, 1.82) is 0 Å². The number of hydrogen-bond donors (Lipinski definition) is 1. The first kappa shape index (κ1) is 17.8. The molecular formula is C25H30N3O+. The first-order chi connectivity index (χ1) is 14.3. The van der Waals surface area contributed by atoms with E-state index in [1.165, 1.54) is 47.4 Å². The number of rotatable bonds is 3. The standard InChI is InChI=1S/C25H30N3O/c29-28-23-8-4-7-19-22(15-17-5-2-1-3-6-17)26-12-9-20(24(19)23)25(28)21-16-27-13-10-18(21)11-14-27/h1-8,18,20-22,25-26H,9-16H2/q+1/t20?,21?,22?,25-/m0/s1. The van der Waals surface area contributed by atoms with E-state index in [0.717, 1.165) is 37.5 Å². The van der Waals surface area contributed by atoms with E-state index in [9.17, 15) is 4.91 Å². The third-order valence-corrected chi connectivity index (χ3v) is 8.06. The highest BCUT2D eigenvalue weighted by atomic mass is 16.3. The van der Waals surface area contributed by atoms with E-state index < -0.39 is 0 Å². The Hall–Kier alpha value is -2.04. The number of nitrogens with zero attached hydrogens (tertiary/aromatic N) is 2. The fraction of sp³-hybridized carbons (Fsp3) is 0.520. The van der Waals surface area contributed by atoms with Crippen LogP contribution in [0.2, 0.25) is 0 Å². The molecule has 150 valence electrons. The molecule has 5 aliphatic heterocycles. The van der Waals surface area contributed by atoms with Crippen LogP contribution in [0.25, 0.3) is 0 Å². The number of hydrogen-bond acceptors (Lipinski definition) is 3. The molecule has 0 radical (unpaired) electrons. The second-order valence-electron chi connectivity index (χ2n) is 9.49. The molecule has 4 heteroatoms. The summed E-state index contributed by atoms with van der Waals surface area (Å²) in [6.45, 7) is 4.57. The molecule has 0 aliphatic carbocycles. The van der Waals surface area contributed by atoms with Gasteiger partial charge >= 0.3 is 0 Å². The summed E-state index contributed by atoms with van der Waals surface area (Å²) in [6, 6.07) is 17.6. The zero-order valence-corrected chi connectivity index (χ0v) is 17.0. The third kappa shape index (κ3) is 2.88. The summed E-state index contributed by atoms with van der Waals surface area (Å²) in [4.78, 5) is 16.2. The van der Waals surface area contributed by atoms with Gasteiger partial charge in [0.15, 0.2) is 0 Å². The monoisotopic (exact) mass is 388 g/mol. The van der Waals surface area contributed by atoms with Crippen LogP contribution in [0, 0.1) is 16.7 Å². The predicted octanol–water partition coefficient (Wildman–Crippen LogP) is 4.18. The SMILES string of the molecule is O=[N+]1c2cccc3c2C(CCNC3Cc2ccccc2)[C@H]1C1CN2CCC1CC2. The Morgan fingerprint density at radius 2 is 1.83 bits per heavy atom. The maximum absolute atomic E-state index is 13.6. The Bertz CT molecular complexity index is 919. The predicted molar refractivity (Wildman–Crippen MR) is 114 cm³/mol. The molecule has 4 atom stereocenters. The van der Waals surface area contributed by atoms with Crippen LogP contribution in [-0.4, -0.2) is 41.9 Å². The third-order valence-electron chi connectivity index (χ3n) is 8.06. The van der Waals surface area contributed by atoms with Gasteiger partial charge in [-0.2, -0.15) is 0 Å². The smallest absolute Gasteiger partial charge is 0.260 e. The second kappa shape index (κ2) is 7.03. The molecule has 3 saturated heterocycles. The molecule has 5 heterocycles. The summed E-state index contributed by atoms with van der Waals surface area (Å²) in [7, 11) is 0. The summed E-state index contributed by atoms with van der Waals surface area (Å²) in [5.41, 5.74) is 5.02. The number of fused-ring (bicyclic) bond motifs is 3. The number of nitrogens with one attached hydrogen (secondary N) is 1. The van der Waals surface area contributed by atoms with Gasteiger partial charge in [-0.15, -0.1) is 0 Å².